The van der Waals surface area contributed by atoms with Crippen LogP contribution in [0.3, 0.4) is 0 Å². The molecule has 0 radical (unpaired) electrons. The first-order valence-electron chi connectivity index (χ1n) is 8.32. The second-order valence-electron chi connectivity index (χ2n) is 5.93. The highest BCUT2D eigenvalue weighted by Crippen LogP contribution is 2.27. The minimum absolute atomic E-state index is 0.0725. The number of nitrogens with zero attached hydrogens (tertiary/aromatic N) is 2. The van der Waals surface area contributed by atoms with Gasteiger partial charge in [-0.3, -0.25) is 9.78 Å². The van der Waals surface area contributed by atoms with Gasteiger partial charge in [-0.2, -0.15) is 0 Å². The van der Waals surface area contributed by atoms with E-state index in [0.717, 1.165) is 25.0 Å². The molecule has 1 aliphatic heterocycles. The molecule has 0 saturated carbocycles. The predicted molar refractivity (Wildman–Crippen MR) is 94.6 cm³/mol. The van der Waals surface area contributed by atoms with E-state index in [1.165, 1.54) is 0 Å². The number of amides is 1. The van der Waals surface area contributed by atoms with E-state index < -0.39 is 0 Å². The van der Waals surface area contributed by atoms with E-state index in [1.54, 1.807) is 12.3 Å². The molecular weight excluding hydrogens is 324 g/mol. The van der Waals surface area contributed by atoms with Gasteiger partial charge >= 0.3 is 0 Å². The number of carbonyl (C=O) groups excluding carboxylic acids is 1. The Morgan fingerprint density at radius 3 is 2.75 bits per heavy atom. The van der Waals surface area contributed by atoms with Gasteiger partial charge in [0.25, 0.3) is 5.91 Å². The summed E-state index contributed by atoms with van der Waals surface area (Å²) in [5.74, 6) is 0.786. The lowest BCUT2D eigenvalue weighted by Gasteiger charge is -2.32. The van der Waals surface area contributed by atoms with Crippen LogP contribution in [-0.4, -0.2) is 35.0 Å². The van der Waals surface area contributed by atoms with Crippen molar-refractivity contribution in [3.05, 3.63) is 58.9 Å². The maximum Gasteiger partial charge on any atom is 0.253 e. The van der Waals surface area contributed by atoms with Crippen molar-refractivity contribution in [2.24, 2.45) is 0 Å². The fraction of sp³-hybridized carbons (Fsp3) is 0.368. The average Bonchev–Trinajstić information content (AvgIpc) is 2.64. The summed E-state index contributed by atoms with van der Waals surface area (Å²) in [7, 11) is 0. The summed E-state index contributed by atoms with van der Waals surface area (Å²) in [6, 6.07) is 11.2. The summed E-state index contributed by atoms with van der Waals surface area (Å²) < 4.78 is 5.98. The number of likely N-dealkylation sites (tertiary alicyclic amines) is 1. The van der Waals surface area contributed by atoms with Crippen molar-refractivity contribution < 1.29 is 9.53 Å². The van der Waals surface area contributed by atoms with Crippen molar-refractivity contribution in [2.45, 2.75) is 32.3 Å². The molecule has 1 amide bonds. The molecule has 4 nitrogen and oxygen atoms in total. The van der Waals surface area contributed by atoms with Gasteiger partial charge in [0.15, 0.2) is 0 Å². The van der Waals surface area contributed by atoms with Crippen LogP contribution >= 0.6 is 11.6 Å². The van der Waals surface area contributed by atoms with Gasteiger partial charge in [0, 0.05) is 43.4 Å². The Hall–Kier alpha value is -2.07. The second-order valence-corrected chi connectivity index (χ2v) is 6.34. The highest BCUT2D eigenvalue weighted by atomic mass is 35.5. The van der Waals surface area contributed by atoms with Crippen molar-refractivity contribution >= 4 is 17.5 Å². The molecule has 126 valence electrons. The molecule has 0 aliphatic carbocycles. The van der Waals surface area contributed by atoms with Crippen molar-refractivity contribution in [1.29, 1.82) is 0 Å². The summed E-state index contributed by atoms with van der Waals surface area (Å²) in [5.41, 5.74) is 1.66. The summed E-state index contributed by atoms with van der Waals surface area (Å²) in [6.45, 7) is 3.42. The quantitative estimate of drug-likeness (QED) is 0.842. The van der Waals surface area contributed by atoms with Crippen molar-refractivity contribution in [1.82, 2.24) is 9.88 Å². The third kappa shape index (κ3) is 3.88. The first-order valence-corrected chi connectivity index (χ1v) is 8.70. The molecule has 1 aliphatic rings. The fourth-order valence-electron chi connectivity index (χ4n) is 2.88. The van der Waals surface area contributed by atoms with Crippen LogP contribution in [-0.2, 0) is 6.42 Å². The molecular formula is C19H21ClN2O2. The van der Waals surface area contributed by atoms with Gasteiger partial charge < -0.3 is 9.64 Å². The predicted octanol–water partition coefficient (Wildman–Crippen LogP) is 3.98. The zero-order valence-corrected chi connectivity index (χ0v) is 14.5. The lowest BCUT2D eigenvalue weighted by molar-refractivity contribution is 0.0595. The van der Waals surface area contributed by atoms with Crippen LogP contribution in [0, 0.1) is 0 Å². The monoisotopic (exact) mass is 344 g/mol. The van der Waals surface area contributed by atoms with Crippen molar-refractivity contribution in [3.63, 3.8) is 0 Å². The molecule has 0 unspecified atom stereocenters. The minimum atomic E-state index is 0.0725. The highest BCUT2D eigenvalue weighted by Gasteiger charge is 2.25. The molecule has 1 aromatic heterocycles. The van der Waals surface area contributed by atoms with Gasteiger partial charge in [-0.15, -0.1) is 0 Å². The zero-order chi connectivity index (χ0) is 16.9. The van der Waals surface area contributed by atoms with Gasteiger partial charge in [0.1, 0.15) is 11.9 Å². The number of para-hydroxylation sites is 1. The van der Waals surface area contributed by atoms with Crippen molar-refractivity contribution in [3.8, 4) is 5.75 Å². The summed E-state index contributed by atoms with van der Waals surface area (Å²) >= 11 is 6.14. The van der Waals surface area contributed by atoms with E-state index in [9.17, 15) is 4.79 Å². The largest absolute Gasteiger partial charge is 0.489 e. The molecule has 3 rings (SSSR count). The number of carbonyl (C=O) groups is 1. The average molecular weight is 345 g/mol. The van der Waals surface area contributed by atoms with Gasteiger partial charge in [0.2, 0.25) is 0 Å². The standard InChI is InChI=1S/C19H21ClN2O2/c1-2-15-13-14(7-10-21-15)19(23)22-11-8-16(9-12-22)24-18-6-4-3-5-17(18)20/h3-7,10,13,16H,2,8-9,11-12H2,1H3. The second kappa shape index (κ2) is 7.67. The Kier molecular flexibility index (Phi) is 5.36. The maximum atomic E-state index is 12.6. The normalized spacial score (nSPS) is 15.3. The Bertz CT molecular complexity index is 712. The molecule has 0 atom stereocenters. The van der Waals surface area contributed by atoms with Crippen LogP contribution in [0.2, 0.25) is 5.02 Å². The molecule has 2 heterocycles. The first-order chi connectivity index (χ1) is 11.7. The lowest BCUT2D eigenvalue weighted by atomic mass is 10.1. The van der Waals surface area contributed by atoms with Crippen LogP contribution in [0.15, 0.2) is 42.6 Å². The summed E-state index contributed by atoms with van der Waals surface area (Å²) in [4.78, 5) is 18.8. The van der Waals surface area contributed by atoms with E-state index in [1.807, 2.05) is 42.2 Å². The number of pyridine rings is 1. The Morgan fingerprint density at radius 1 is 1.29 bits per heavy atom. The molecule has 24 heavy (non-hydrogen) atoms. The van der Waals surface area contributed by atoms with Crippen LogP contribution in [0.25, 0.3) is 0 Å². The minimum Gasteiger partial charge on any atom is -0.489 e. The summed E-state index contributed by atoms with van der Waals surface area (Å²) in [6.07, 6.45) is 4.25. The molecule has 0 N–H and O–H groups in total. The number of aromatic nitrogens is 1. The number of piperidine rings is 1. The SMILES string of the molecule is CCc1cc(C(=O)N2CCC(Oc3ccccc3Cl)CC2)ccn1. The number of ether oxygens (including phenoxy) is 1. The number of aryl methyl sites for hydroxylation is 1. The van der Waals surface area contributed by atoms with E-state index in [-0.39, 0.29) is 12.0 Å². The fourth-order valence-corrected chi connectivity index (χ4v) is 3.06. The molecule has 1 aromatic carbocycles. The Morgan fingerprint density at radius 2 is 2.04 bits per heavy atom. The molecule has 0 spiro atoms. The topological polar surface area (TPSA) is 42.4 Å². The van der Waals surface area contributed by atoms with E-state index in [4.69, 9.17) is 16.3 Å². The van der Waals surface area contributed by atoms with Crippen molar-refractivity contribution in [2.75, 3.05) is 13.1 Å². The number of hydrogen-bond donors (Lipinski definition) is 0. The van der Waals surface area contributed by atoms with Gasteiger partial charge in [-0.05, 0) is 30.7 Å². The molecule has 1 fully saturated rings. The zero-order valence-electron chi connectivity index (χ0n) is 13.7. The number of halogens is 1. The van der Waals surface area contributed by atoms with Gasteiger partial charge in [-0.1, -0.05) is 30.7 Å². The van der Waals surface area contributed by atoms with E-state index in [0.29, 0.717) is 29.4 Å². The third-order valence-electron chi connectivity index (χ3n) is 4.29. The van der Waals surface area contributed by atoms with Gasteiger partial charge in [0.05, 0.1) is 5.02 Å². The van der Waals surface area contributed by atoms with Gasteiger partial charge in [-0.25, -0.2) is 0 Å². The van der Waals surface area contributed by atoms with E-state index >= 15 is 0 Å². The molecule has 1 saturated heterocycles. The van der Waals surface area contributed by atoms with Crippen LogP contribution in [0.1, 0.15) is 35.8 Å². The van der Waals surface area contributed by atoms with E-state index in [2.05, 4.69) is 4.98 Å². The van der Waals surface area contributed by atoms with Crippen LogP contribution < -0.4 is 4.74 Å². The van der Waals surface area contributed by atoms with Crippen LogP contribution in [0.5, 0.6) is 5.75 Å². The first kappa shape index (κ1) is 16.8. The van der Waals surface area contributed by atoms with Crippen LogP contribution in [0.4, 0.5) is 0 Å². The number of hydrogen-bond acceptors (Lipinski definition) is 3. The molecule has 0 bridgehead atoms. The molecule has 2 aromatic rings. The number of rotatable bonds is 4. The third-order valence-corrected chi connectivity index (χ3v) is 4.60. The Balaban J connectivity index is 1.58. The summed E-state index contributed by atoms with van der Waals surface area (Å²) in [5, 5.41) is 0.625. The smallest absolute Gasteiger partial charge is 0.253 e. The maximum absolute atomic E-state index is 12.6. The number of benzene rings is 1. The molecule has 5 heteroatoms. The lowest BCUT2D eigenvalue weighted by Crippen LogP contribution is -2.41. The highest BCUT2D eigenvalue weighted by molar-refractivity contribution is 6.32. The Labute approximate surface area is 147 Å².